The average Bonchev–Trinajstić information content (AvgIpc) is 2.31. The van der Waals surface area contributed by atoms with E-state index in [9.17, 15) is 9.59 Å². The van der Waals surface area contributed by atoms with Crippen molar-refractivity contribution in [1.82, 2.24) is 15.1 Å². The fourth-order valence-corrected chi connectivity index (χ4v) is 1.35. The standard InChI is InChI=1S/C8H10ClN7O2/c1-3-4(9)5(14-16(2)7(3)18)6(17)12-8(10)13-15-11/h1-2H3,(H4,10,11,12,13,17). The third-order valence-corrected chi connectivity index (χ3v) is 2.47. The van der Waals surface area contributed by atoms with Crippen LogP contribution >= 0.6 is 11.6 Å². The van der Waals surface area contributed by atoms with E-state index >= 15 is 0 Å². The summed E-state index contributed by atoms with van der Waals surface area (Å²) in [7, 11) is 1.38. The maximum atomic E-state index is 11.7. The molecule has 0 atom stereocenters. The molecular weight excluding hydrogens is 262 g/mol. The van der Waals surface area contributed by atoms with Gasteiger partial charge in [0.1, 0.15) is 0 Å². The lowest BCUT2D eigenvalue weighted by atomic mass is 10.2. The normalized spacial score (nSPS) is 10.6. The number of guanidine groups is 1. The van der Waals surface area contributed by atoms with Gasteiger partial charge < -0.3 is 5.84 Å². The summed E-state index contributed by atoms with van der Waals surface area (Å²) in [6, 6.07) is 0. The molecular formula is C8H10ClN7O2. The average molecular weight is 272 g/mol. The van der Waals surface area contributed by atoms with Gasteiger partial charge in [0.2, 0.25) is 5.96 Å². The van der Waals surface area contributed by atoms with E-state index in [0.717, 1.165) is 4.68 Å². The van der Waals surface area contributed by atoms with Crippen molar-refractivity contribution in [2.24, 2.45) is 23.2 Å². The Kier molecular flexibility index (Phi) is 4.10. The van der Waals surface area contributed by atoms with Gasteiger partial charge in [-0.2, -0.15) is 5.10 Å². The van der Waals surface area contributed by atoms with E-state index in [1.54, 1.807) is 0 Å². The molecule has 0 aliphatic rings. The fraction of sp³-hybridized carbons (Fsp3) is 0.250. The minimum absolute atomic E-state index is 0.0758. The van der Waals surface area contributed by atoms with Crippen molar-refractivity contribution in [3.63, 3.8) is 0 Å². The molecule has 1 aromatic rings. The molecule has 0 radical (unpaired) electrons. The van der Waals surface area contributed by atoms with E-state index < -0.39 is 17.4 Å². The molecule has 0 saturated carbocycles. The Balaban J connectivity index is 3.15. The Labute approximate surface area is 106 Å². The summed E-state index contributed by atoms with van der Waals surface area (Å²) >= 11 is 5.84. The van der Waals surface area contributed by atoms with E-state index in [1.807, 2.05) is 0 Å². The van der Waals surface area contributed by atoms with E-state index in [4.69, 9.17) is 22.9 Å². The van der Waals surface area contributed by atoms with Gasteiger partial charge in [-0.25, -0.2) is 4.68 Å². The van der Waals surface area contributed by atoms with Gasteiger partial charge in [-0.1, -0.05) is 21.9 Å². The van der Waals surface area contributed by atoms with Crippen LogP contribution in [0.15, 0.2) is 15.1 Å². The van der Waals surface area contributed by atoms with Crippen LogP contribution in [-0.4, -0.2) is 21.6 Å². The van der Waals surface area contributed by atoms with Crippen molar-refractivity contribution in [2.75, 3.05) is 0 Å². The zero-order valence-electron chi connectivity index (χ0n) is 9.56. The maximum Gasteiger partial charge on any atom is 0.280 e. The summed E-state index contributed by atoms with van der Waals surface area (Å²) in [5.74, 6) is 3.38. The minimum atomic E-state index is -0.781. The molecule has 1 rings (SSSR count). The van der Waals surface area contributed by atoms with Gasteiger partial charge in [0.25, 0.3) is 11.5 Å². The van der Waals surface area contributed by atoms with Crippen LogP contribution < -0.4 is 16.7 Å². The predicted octanol–water partition coefficient (Wildman–Crippen LogP) is -0.267. The smallest absolute Gasteiger partial charge is 0.280 e. The second-order valence-electron chi connectivity index (χ2n) is 3.23. The number of carbonyl (C=O) groups is 1. The van der Waals surface area contributed by atoms with E-state index in [1.165, 1.54) is 14.0 Å². The van der Waals surface area contributed by atoms with Crippen LogP contribution in [0.4, 0.5) is 0 Å². The molecule has 1 amide bonds. The number of nitrogens with one attached hydrogen (secondary N) is 2. The first kappa shape index (κ1) is 13.8. The first-order chi connectivity index (χ1) is 8.38. The lowest BCUT2D eigenvalue weighted by Gasteiger charge is -2.07. The molecule has 18 heavy (non-hydrogen) atoms. The van der Waals surface area contributed by atoms with Crippen LogP contribution in [0.5, 0.6) is 0 Å². The quantitative estimate of drug-likeness (QED) is 0.213. The number of rotatable bonds is 1. The largest absolute Gasteiger partial charge is 0.304 e. The first-order valence-corrected chi connectivity index (χ1v) is 5.00. The number of aromatic nitrogens is 2. The van der Waals surface area contributed by atoms with Gasteiger partial charge in [-0.05, 0) is 6.92 Å². The molecule has 0 aromatic carbocycles. The molecule has 1 heterocycles. The number of halogens is 1. The van der Waals surface area contributed by atoms with Crippen molar-refractivity contribution >= 4 is 23.5 Å². The van der Waals surface area contributed by atoms with Crippen LogP contribution in [-0.2, 0) is 7.05 Å². The Bertz CT molecular complexity index is 592. The molecule has 0 fully saturated rings. The van der Waals surface area contributed by atoms with Crippen molar-refractivity contribution in [2.45, 2.75) is 6.92 Å². The molecule has 4 N–H and O–H groups in total. The molecule has 0 unspecified atom stereocenters. The van der Waals surface area contributed by atoms with E-state index in [-0.39, 0.29) is 16.3 Å². The van der Waals surface area contributed by atoms with Crippen molar-refractivity contribution in [3.05, 3.63) is 26.6 Å². The van der Waals surface area contributed by atoms with Gasteiger partial charge in [0.15, 0.2) is 5.69 Å². The molecule has 96 valence electrons. The number of hydrogen-bond acceptors (Lipinski definition) is 5. The zero-order valence-corrected chi connectivity index (χ0v) is 10.3. The third-order valence-electron chi connectivity index (χ3n) is 2.01. The topological polar surface area (TPSA) is 139 Å². The lowest BCUT2D eigenvalue weighted by Crippen LogP contribution is -2.33. The number of amides is 1. The molecule has 0 aliphatic heterocycles. The molecule has 0 aliphatic carbocycles. The SMILES string of the molecule is Cc1c(Cl)c(C(=O)NC(=N)N=NN)nn(C)c1=O. The summed E-state index contributed by atoms with van der Waals surface area (Å²) in [6.07, 6.45) is 0. The molecule has 0 spiro atoms. The summed E-state index contributed by atoms with van der Waals surface area (Å²) in [5, 5.41) is 18.8. The van der Waals surface area contributed by atoms with Crippen LogP contribution in [0.2, 0.25) is 5.02 Å². The first-order valence-electron chi connectivity index (χ1n) is 4.62. The predicted molar refractivity (Wildman–Crippen MR) is 63.5 cm³/mol. The molecule has 10 heteroatoms. The van der Waals surface area contributed by atoms with Gasteiger partial charge in [-0.3, -0.25) is 20.3 Å². The molecule has 9 nitrogen and oxygen atoms in total. The Morgan fingerprint density at radius 2 is 2.22 bits per heavy atom. The third kappa shape index (κ3) is 2.69. The van der Waals surface area contributed by atoms with Gasteiger partial charge in [0.05, 0.1) is 5.02 Å². The second-order valence-corrected chi connectivity index (χ2v) is 3.61. The lowest BCUT2D eigenvalue weighted by molar-refractivity contribution is 0.0969. The van der Waals surface area contributed by atoms with Crippen LogP contribution in [0, 0.1) is 12.3 Å². The Morgan fingerprint density at radius 1 is 1.61 bits per heavy atom. The van der Waals surface area contributed by atoms with Gasteiger partial charge in [-0.15, -0.1) is 0 Å². The number of carbonyl (C=O) groups excluding carboxylic acids is 1. The van der Waals surface area contributed by atoms with Gasteiger partial charge in [0, 0.05) is 12.6 Å². The summed E-state index contributed by atoms with van der Waals surface area (Å²) in [4.78, 5) is 23.2. The summed E-state index contributed by atoms with van der Waals surface area (Å²) in [5.41, 5.74) is -0.409. The summed E-state index contributed by atoms with van der Waals surface area (Å²) < 4.78 is 0.976. The molecule has 1 aromatic heterocycles. The van der Waals surface area contributed by atoms with Crippen LogP contribution in [0.1, 0.15) is 16.1 Å². The maximum absolute atomic E-state index is 11.7. The van der Waals surface area contributed by atoms with Crippen LogP contribution in [0.25, 0.3) is 0 Å². The van der Waals surface area contributed by atoms with E-state index in [2.05, 4.69) is 20.8 Å². The summed E-state index contributed by atoms with van der Waals surface area (Å²) in [6.45, 7) is 1.47. The Morgan fingerprint density at radius 3 is 2.78 bits per heavy atom. The highest BCUT2D eigenvalue weighted by Gasteiger charge is 2.18. The molecule has 0 saturated heterocycles. The van der Waals surface area contributed by atoms with Gasteiger partial charge >= 0.3 is 0 Å². The fourth-order valence-electron chi connectivity index (χ4n) is 1.15. The highest BCUT2D eigenvalue weighted by molar-refractivity contribution is 6.34. The highest BCUT2D eigenvalue weighted by Crippen LogP contribution is 2.14. The highest BCUT2D eigenvalue weighted by atomic mass is 35.5. The van der Waals surface area contributed by atoms with Crippen molar-refractivity contribution in [3.8, 4) is 0 Å². The van der Waals surface area contributed by atoms with Crippen LogP contribution in [0.3, 0.4) is 0 Å². The number of aryl methyl sites for hydroxylation is 1. The Hall–Kier alpha value is -2.29. The minimum Gasteiger partial charge on any atom is -0.304 e. The van der Waals surface area contributed by atoms with E-state index in [0.29, 0.717) is 0 Å². The second kappa shape index (κ2) is 5.36. The monoisotopic (exact) mass is 271 g/mol. The number of hydrogen-bond donors (Lipinski definition) is 3. The zero-order chi connectivity index (χ0) is 13.9. The number of nitrogens with two attached hydrogens (primary N) is 1. The molecule has 0 bridgehead atoms. The van der Waals surface area contributed by atoms with Crippen molar-refractivity contribution < 1.29 is 4.79 Å². The number of nitrogens with zero attached hydrogens (tertiary/aromatic N) is 4. The van der Waals surface area contributed by atoms with Crippen molar-refractivity contribution in [1.29, 1.82) is 5.41 Å².